The van der Waals surface area contributed by atoms with E-state index in [-0.39, 0.29) is 5.41 Å². The third kappa shape index (κ3) is 1.94. The van der Waals surface area contributed by atoms with E-state index in [4.69, 9.17) is 0 Å². The maximum absolute atomic E-state index is 2.42. The minimum Gasteiger partial charge on any atom is -0.0587 e. The van der Waals surface area contributed by atoms with E-state index in [1.807, 2.05) is 0 Å². The van der Waals surface area contributed by atoms with Crippen LogP contribution >= 0.6 is 0 Å². The molecule has 4 aromatic carbocycles. The van der Waals surface area contributed by atoms with Crippen LogP contribution in [0.4, 0.5) is 0 Å². The number of benzene rings is 4. The Morgan fingerprint density at radius 2 is 1.16 bits per heavy atom. The quantitative estimate of drug-likeness (QED) is 0.334. The Hall–Kier alpha value is -2.60. The van der Waals surface area contributed by atoms with Crippen molar-refractivity contribution in [2.75, 3.05) is 0 Å². The van der Waals surface area contributed by atoms with Gasteiger partial charge < -0.3 is 0 Å². The van der Waals surface area contributed by atoms with Gasteiger partial charge in [-0.3, -0.25) is 0 Å². The number of hydrogen-bond acceptors (Lipinski definition) is 0. The highest BCUT2D eigenvalue weighted by molar-refractivity contribution is 6.15. The van der Waals surface area contributed by atoms with Crippen molar-refractivity contribution >= 4 is 21.5 Å². The molecule has 1 aliphatic rings. The van der Waals surface area contributed by atoms with Gasteiger partial charge in [0.1, 0.15) is 0 Å². The van der Waals surface area contributed by atoms with Crippen LogP contribution < -0.4 is 0 Å². The molecule has 25 heavy (non-hydrogen) atoms. The topological polar surface area (TPSA) is 0 Å². The maximum atomic E-state index is 2.42. The van der Waals surface area contributed by atoms with E-state index in [0.29, 0.717) is 0 Å². The summed E-state index contributed by atoms with van der Waals surface area (Å²) in [5.74, 6) is 0. The lowest BCUT2D eigenvalue weighted by Gasteiger charge is -2.23. The molecule has 0 fully saturated rings. The lowest BCUT2D eigenvalue weighted by molar-refractivity contribution is 0.662. The molecule has 1 aliphatic carbocycles. The van der Waals surface area contributed by atoms with E-state index in [2.05, 4.69) is 88.4 Å². The van der Waals surface area contributed by atoms with Crippen molar-refractivity contribution in [3.05, 3.63) is 82.9 Å². The molecular weight excluding hydrogens is 300 g/mol. The van der Waals surface area contributed by atoms with Crippen LogP contribution in [0.1, 0.15) is 36.1 Å². The summed E-state index contributed by atoms with van der Waals surface area (Å²) in [4.78, 5) is 0. The molecule has 0 spiro atoms. The molecule has 0 unspecified atom stereocenters. The largest absolute Gasteiger partial charge is 0.0587 e. The fraction of sp³-hybridized carbons (Fsp3) is 0.200. The van der Waals surface area contributed by atoms with Crippen LogP contribution in [0.5, 0.6) is 0 Å². The molecule has 0 bridgehead atoms. The molecule has 0 aliphatic heterocycles. The highest BCUT2D eigenvalue weighted by atomic mass is 14.4. The van der Waals surface area contributed by atoms with Crippen LogP contribution in [0.2, 0.25) is 0 Å². The Morgan fingerprint density at radius 3 is 1.84 bits per heavy atom. The van der Waals surface area contributed by atoms with E-state index < -0.39 is 0 Å². The van der Waals surface area contributed by atoms with Gasteiger partial charge in [0.15, 0.2) is 0 Å². The van der Waals surface area contributed by atoms with Crippen molar-refractivity contribution in [2.24, 2.45) is 0 Å². The fourth-order valence-electron chi connectivity index (χ4n) is 4.52. The molecule has 0 saturated heterocycles. The fourth-order valence-corrected chi connectivity index (χ4v) is 4.52. The van der Waals surface area contributed by atoms with Crippen molar-refractivity contribution in [2.45, 2.75) is 33.1 Å². The molecule has 122 valence electrons. The molecule has 0 atom stereocenters. The highest BCUT2D eigenvalue weighted by Crippen LogP contribution is 2.50. The highest BCUT2D eigenvalue weighted by Gasteiger charge is 2.34. The van der Waals surface area contributed by atoms with Crippen LogP contribution in [-0.4, -0.2) is 0 Å². The first kappa shape index (κ1) is 14.7. The number of rotatable bonds is 1. The molecule has 0 amide bonds. The summed E-state index contributed by atoms with van der Waals surface area (Å²) in [5.41, 5.74) is 8.26. The summed E-state index contributed by atoms with van der Waals surface area (Å²) in [6.07, 6.45) is 0. The molecular formula is C25H22. The average molecular weight is 322 g/mol. The second kappa shape index (κ2) is 4.73. The first-order chi connectivity index (χ1) is 11.9. The summed E-state index contributed by atoms with van der Waals surface area (Å²) in [6.45, 7) is 9.09. The van der Waals surface area contributed by atoms with E-state index in [0.717, 1.165) is 0 Å². The van der Waals surface area contributed by atoms with Crippen molar-refractivity contribution < 1.29 is 0 Å². The Labute approximate surface area is 149 Å². The normalized spacial score (nSPS) is 14.7. The van der Waals surface area contributed by atoms with Gasteiger partial charge in [0.25, 0.3) is 0 Å². The minimum absolute atomic E-state index is 0.0485. The predicted octanol–water partition coefficient (Wildman–Crippen LogP) is 6.92. The molecule has 5 rings (SSSR count). The maximum Gasteiger partial charge on any atom is 0.0159 e. The summed E-state index contributed by atoms with van der Waals surface area (Å²) >= 11 is 0. The van der Waals surface area contributed by atoms with Crippen LogP contribution in [-0.2, 0) is 5.41 Å². The van der Waals surface area contributed by atoms with Crippen LogP contribution in [0.15, 0.2) is 60.7 Å². The first-order valence-electron chi connectivity index (χ1n) is 9.04. The Morgan fingerprint density at radius 1 is 0.560 bits per heavy atom. The smallest absolute Gasteiger partial charge is 0.0159 e. The Balaban J connectivity index is 1.88. The summed E-state index contributed by atoms with van der Waals surface area (Å²) in [7, 11) is 0. The Bertz CT molecular complexity index is 1160. The van der Waals surface area contributed by atoms with Crippen LogP contribution in [0.3, 0.4) is 0 Å². The van der Waals surface area contributed by atoms with Crippen molar-refractivity contribution in [3.63, 3.8) is 0 Å². The molecule has 0 heteroatoms. The van der Waals surface area contributed by atoms with Gasteiger partial charge in [0, 0.05) is 5.41 Å². The predicted molar refractivity (Wildman–Crippen MR) is 108 cm³/mol. The SMILES string of the molecule is Cc1ccc(-c2cc3c4c(ccc5cc(C)cc(c54)C3(C)C)c2)cc1. The monoisotopic (exact) mass is 322 g/mol. The van der Waals surface area contributed by atoms with Crippen molar-refractivity contribution in [3.8, 4) is 11.1 Å². The van der Waals surface area contributed by atoms with Gasteiger partial charge in [-0.05, 0) is 69.8 Å². The number of hydrogen-bond donors (Lipinski definition) is 0. The second-order valence-electron chi connectivity index (χ2n) is 8.09. The van der Waals surface area contributed by atoms with Gasteiger partial charge in [-0.15, -0.1) is 0 Å². The second-order valence-corrected chi connectivity index (χ2v) is 8.09. The lowest BCUT2D eigenvalue weighted by Crippen LogP contribution is -2.15. The third-order valence-electron chi connectivity index (χ3n) is 5.91. The number of aryl methyl sites for hydroxylation is 2. The van der Waals surface area contributed by atoms with Gasteiger partial charge >= 0.3 is 0 Å². The molecule has 0 saturated carbocycles. The van der Waals surface area contributed by atoms with Gasteiger partial charge in [0.05, 0.1) is 0 Å². The van der Waals surface area contributed by atoms with E-state index >= 15 is 0 Å². The first-order valence-corrected chi connectivity index (χ1v) is 9.04. The zero-order valence-corrected chi connectivity index (χ0v) is 15.3. The summed E-state index contributed by atoms with van der Waals surface area (Å²) in [6, 6.07) is 22.9. The average Bonchev–Trinajstić information content (AvgIpc) is 2.82. The van der Waals surface area contributed by atoms with E-state index in [1.54, 1.807) is 0 Å². The van der Waals surface area contributed by atoms with Crippen molar-refractivity contribution in [1.82, 2.24) is 0 Å². The lowest BCUT2D eigenvalue weighted by atomic mass is 9.80. The summed E-state index contributed by atoms with van der Waals surface area (Å²) < 4.78 is 0. The third-order valence-corrected chi connectivity index (χ3v) is 5.91. The van der Waals surface area contributed by atoms with Crippen LogP contribution in [0.25, 0.3) is 32.7 Å². The van der Waals surface area contributed by atoms with E-state index in [9.17, 15) is 0 Å². The van der Waals surface area contributed by atoms with Gasteiger partial charge in [-0.25, -0.2) is 0 Å². The van der Waals surface area contributed by atoms with Crippen molar-refractivity contribution in [1.29, 1.82) is 0 Å². The zero-order chi connectivity index (χ0) is 17.3. The molecule has 0 aromatic heterocycles. The van der Waals surface area contributed by atoms with Gasteiger partial charge in [-0.1, -0.05) is 73.5 Å². The summed E-state index contributed by atoms with van der Waals surface area (Å²) in [5, 5.41) is 5.64. The molecule has 0 nitrogen and oxygen atoms in total. The Kier molecular flexibility index (Phi) is 2.78. The molecule has 0 radical (unpaired) electrons. The van der Waals surface area contributed by atoms with Gasteiger partial charge in [-0.2, -0.15) is 0 Å². The standard InChI is InChI=1S/C25H22/c1-15-5-7-17(8-6-15)20-13-19-10-9-18-11-16(2)12-21-23(18)24(19)22(14-20)25(21,3)4/h5-14H,1-4H3. The van der Waals surface area contributed by atoms with Gasteiger partial charge in [0.2, 0.25) is 0 Å². The van der Waals surface area contributed by atoms with Crippen LogP contribution in [0, 0.1) is 13.8 Å². The van der Waals surface area contributed by atoms with E-state index in [1.165, 1.54) is 54.9 Å². The molecule has 0 N–H and O–H groups in total. The molecule has 0 heterocycles. The molecule has 4 aromatic rings. The zero-order valence-electron chi connectivity index (χ0n) is 15.3. The minimum atomic E-state index is 0.0485.